The smallest absolute Gasteiger partial charge is 0.193 e. The van der Waals surface area contributed by atoms with Crippen molar-refractivity contribution >= 4 is 29.9 Å². The first-order chi connectivity index (χ1) is 8.17. The van der Waals surface area contributed by atoms with Crippen LogP contribution < -0.4 is 5.32 Å². The van der Waals surface area contributed by atoms with Gasteiger partial charge in [-0.3, -0.25) is 4.99 Å². The maximum absolute atomic E-state index is 9.02. The van der Waals surface area contributed by atoms with Gasteiger partial charge in [0.25, 0.3) is 0 Å². The number of aliphatic hydroxyl groups is 1. The quantitative estimate of drug-likeness (QED) is 0.452. The molecule has 1 saturated heterocycles. The van der Waals surface area contributed by atoms with Crippen LogP contribution in [0.2, 0.25) is 0 Å². The minimum Gasteiger partial charge on any atom is -0.396 e. The number of hydrogen-bond donors (Lipinski definition) is 2. The van der Waals surface area contributed by atoms with Crippen LogP contribution in [0.25, 0.3) is 0 Å². The zero-order valence-corrected chi connectivity index (χ0v) is 14.2. The van der Waals surface area contributed by atoms with Crippen molar-refractivity contribution in [2.75, 3.05) is 32.8 Å². The third-order valence-corrected chi connectivity index (χ3v) is 3.28. The van der Waals surface area contributed by atoms with E-state index in [-0.39, 0.29) is 36.5 Å². The van der Waals surface area contributed by atoms with Gasteiger partial charge in [0.15, 0.2) is 5.96 Å². The molecular weight excluding hydrogens is 341 g/mol. The molecule has 1 rings (SSSR count). The number of nitrogens with zero attached hydrogens (tertiary/aromatic N) is 2. The van der Waals surface area contributed by atoms with Gasteiger partial charge >= 0.3 is 0 Å². The van der Waals surface area contributed by atoms with Gasteiger partial charge in [0.2, 0.25) is 0 Å². The second-order valence-corrected chi connectivity index (χ2v) is 5.15. The molecule has 1 unspecified atom stereocenters. The predicted octanol–water partition coefficient (Wildman–Crippen LogP) is 1.93. The fourth-order valence-corrected chi connectivity index (χ4v) is 1.95. The van der Waals surface area contributed by atoms with Crippen molar-refractivity contribution in [3.05, 3.63) is 0 Å². The average molecular weight is 369 g/mol. The van der Waals surface area contributed by atoms with Crippen molar-refractivity contribution in [3.8, 4) is 0 Å². The second-order valence-electron chi connectivity index (χ2n) is 5.15. The van der Waals surface area contributed by atoms with E-state index < -0.39 is 0 Å². The number of halogens is 1. The Kier molecular flexibility index (Phi) is 9.81. The minimum absolute atomic E-state index is 0. The van der Waals surface area contributed by atoms with Crippen molar-refractivity contribution in [1.82, 2.24) is 10.2 Å². The molecule has 18 heavy (non-hydrogen) atoms. The van der Waals surface area contributed by atoms with Crippen molar-refractivity contribution < 1.29 is 5.11 Å². The Bertz CT molecular complexity index is 240. The molecule has 1 heterocycles. The van der Waals surface area contributed by atoms with Crippen molar-refractivity contribution in [1.29, 1.82) is 0 Å². The summed E-state index contributed by atoms with van der Waals surface area (Å²) in [7, 11) is 0. The van der Waals surface area contributed by atoms with Crippen molar-refractivity contribution in [2.24, 2.45) is 16.8 Å². The van der Waals surface area contributed by atoms with Gasteiger partial charge in [-0.15, -0.1) is 24.0 Å². The minimum atomic E-state index is 0. The third kappa shape index (κ3) is 6.22. The summed E-state index contributed by atoms with van der Waals surface area (Å²) in [4.78, 5) is 6.95. The van der Waals surface area contributed by atoms with E-state index in [1.165, 1.54) is 12.8 Å². The van der Waals surface area contributed by atoms with Crippen LogP contribution in [0.4, 0.5) is 0 Å². The molecule has 0 aromatic heterocycles. The highest BCUT2D eigenvalue weighted by molar-refractivity contribution is 14.0. The summed E-state index contributed by atoms with van der Waals surface area (Å²) >= 11 is 0. The molecule has 1 atom stereocenters. The predicted molar refractivity (Wildman–Crippen MR) is 87.6 cm³/mol. The Morgan fingerprint density at radius 2 is 2.06 bits per heavy atom. The van der Waals surface area contributed by atoms with Crippen LogP contribution in [0.15, 0.2) is 4.99 Å². The van der Waals surface area contributed by atoms with E-state index in [4.69, 9.17) is 5.11 Å². The summed E-state index contributed by atoms with van der Waals surface area (Å²) in [5.41, 5.74) is 0. The van der Waals surface area contributed by atoms with Gasteiger partial charge in [-0.25, -0.2) is 0 Å². The molecule has 0 aromatic carbocycles. The summed E-state index contributed by atoms with van der Waals surface area (Å²) in [6, 6.07) is 0. The van der Waals surface area contributed by atoms with Crippen molar-refractivity contribution in [3.63, 3.8) is 0 Å². The van der Waals surface area contributed by atoms with Crippen LogP contribution in [0.1, 0.15) is 33.6 Å². The molecule has 1 fully saturated rings. The molecule has 5 heteroatoms. The molecule has 1 aliphatic heterocycles. The number of guanidine groups is 1. The molecule has 0 amide bonds. The standard InChI is InChI=1S/C13H27N3O.HI/c1-4-14-13(15-9-12(3)10-17)16-7-5-11(2)6-8-16;/h11-12,17H,4-10H2,1-3H3,(H,14,15);1H. The number of rotatable bonds is 4. The lowest BCUT2D eigenvalue weighted by atomic mass is 9.99. The first kappa shape index (κ1) is 18.0. The maximum atomic E-state index is 9.02. The number of piperidine rings is 1. The largest absolute Gasteiger partial charge is 0.396 e. The number of hydrogen-bond acceptors (Lipinski definition) is 2. The molecule has 0 spiro atoms. The van der Waals surface area contributed by atoms with Gasteiger partial charge in [-0.05, 0) is 31.6 Å². The summed E-state index contributed by atoms with van der Waals surface area (Å²) in [6.45, 7) is 10.4. The first-order valence-corrected chi connectivity index (χ1v) is 6.81. The maximum Gasteiger partial charge on any atom is 0.193 e. The van der Waals surface area contributed by atoms with Crippen LogP contribution >= 0.6 is 24.0 Å². The summed E-state index contributed by atoms with van der Waals surface area (Å²) in [5, 5.41) is 12.4. The molecule has 4 nitrogen and oxygen atoms in total. The average Bonchev–Trinajstić information content (AvgIpc) is 2.35. The highest BCUT2D eigenvalue weighted by atomic mass is 127. The highest BCUT2D eigenvalue weighted by Gasteiger charge is 2.18. The Morgan fingerprint density at radius 1 is 1.44 bits per heavy atom. The van der Waals surface area contributed by atoms with Gasteiger partial charge in [0, 0.05) is 32.8 Å². The van der Waals surface area contributed by atoms with Crippen LogP contribution in [0.3, 0.4) is 0 Å². The highest BCUT2D eigenvalue weighted by Crippen LogP contribution is 2.15. The normalized spacial score (nSPS) is 19.3. The summed E-state index contributed by atoms with van der Waals surface area (Å²) in [6.07, 6.45) is 2.50. The van der Waals surface area contributed by atoms with Gasteiger partial charge in [-0.2, -0.15) is 0 Å². The zero-order chi connectivity index (χ0) is 12.7. The fourth-order valence-electron chi connectivity index (χ4n) is 1.95. The zero-order valence-electron chi connectivity index (χ0n) is 11.9. The van der Waals surface area contributed by atoms with E-state index in [2.05, 4.69) is 29.1 Å². The molecule has 1 aliphatic rings. The van der Waals surface area contributed by atoms with E-state index in [1.54, 1.807) is 0 Å². The molecule has 0 aromatic rings. The number of likely N-dealkylation sites (tertiary alicyclic amines) is 1. The number of nitrogens with one attached hydrogen (secondary N) is 1. The van der Waals surface area contributed by atoms with Crippen LogP contribution in [0, 0.1) is 11.8 Å². The SMILES string of the molecule is CCNC(=NCC(C)CO)N1CCC(C)CC1.I. The first-order valence-electron chi connectivity index (χ1n) is 6.81. The van der Waals surface area contributed by atoms with Gasteiger partial charge in [0.1, 0.15) is 0 Å². The lowest BCUT2D eigenvalue weighted by Crippen LogP contribution is -2.45. The number of aliphatic imine (C=N–C) groups is 1. The summed E-state index contributed by atoms with van der Waals surface area (Å²) in [5.74, 6) is 2.09. The monoisotopic (exact) mass is 369 g/mol. The Hall–Kier alpha value is -0.0400. The lowest BCUT2D eigenvalue weighted by molar-refractivity contribution is 0.240. The summed E-state index contributed by atoms with van der Waals surface area (Å²) < 4.78 is 0. The van der Waals surface area contributed by atoms with Crippen molar-refractivity contribution in [2.45, 2.75) is 33.6 Å². The topological polar surface area (TPSA) is 47.9 Å². The molecule has 0 aliphatic carbocycles. The second kappa shape index (κ2) is 9.83. The van der Waals surface area contributed by atoms with Crippen LogP contribution in [-0.2, 0) is 0 Å². The van der Waals surface area contributed by atoms with Gasteiger partial charge < -0.3 is 15.3 Å². The molecule has 0 radical (unpaired) electrons. The number of aliphatic hydroxyl groups excluding tert-OH is 1. The third-order valence-electron chi connectivity index (χ3n) is 3.28. The molecule has 0 saturated carbocycles. The van der Waals surface area contributed by atoms with Crippen LogP contribution in [-0.4, -0.2) is 48.8 Å². The van der Waals surface area contributed by atoms with Gasteiger partial charge in [-0.1, -0.05) is 13.8 Å². The molecular formula is C13H28IN3O. The Labute approximate surface area is 128 Å². The van der Waals surface area contributed by atoms with E-state index >= 15 is 0 Å². The van der Waals surface area contributed by atoms with E-state index in [1.807, 2.05) is 6.92 Å². The van der Waals surface area contributed by atoms with Crippen LogP contribution in [0.5, 0.6) is 0 Å². The molecule has 0 bridgehead atoms. The fraction of sp³-hybridized carbons (Fsp3) is 0.923. The lowest BCUT2D eigenvalue weighted by Gasteiger charge is -2.33. The molecule has 108 valence electrons. The van der Waals surface area contributed by atoms with E-state index in [0.717, 1.165) is 31.5 Å². The van der Waals surface area contributed by atoms with Gasteiger partial charge in [0.05, 0.1) is 0 Å². The van der Waals surface area contributed by atoms with E-state index in [0.29, 0.717) is 6.54 Å². The Balaban J connectivity index is 0.00000289. The molecule has 2 N–H and O–H groups in total. The Morgan fingerprint density at radius 3 is 2.56 bits per heavy atom. The van der Waals surface area contributed by atoms with E-state index in [9.17, 15) is 0 Å².